The van der Waals surface area contributed by atoms with E-state index in [9.17, 15) is 4.79 Å². The number of nitrogens with zero attached hydrogens (tertiary/aromatic N) is 2. The molecule has 80 valence electrons. The Bertz CT molecular complexity index is 332. The number of anilines is 1. The van der Waals surface area contributed by atoms with Crippen LogP contribution in [0.2, 0.25) is 0 Å². The number of hydrogen-bond acceptors (Lipinski definition) is 3. The normalized spacial score (nSPS) is 16.4. The summed E-state index contributed by atoms with van der Waals surface area (Å²) in [6.07, 6.45) is 7.05. The molecular weight excluding hydrogens is 188 g/mol. The van der Waals surface area contributed by atoms with E-state index in [-0.39, 0.29) is 0 Å². The molecule has 0 aliphatic carbocycles. The highest BCUT2D eigenvalue weighted by molar-refractivity contribution is 5.56. The van der Waals surface area contributed by atoms with Crippen LogP contribution in [0, 0.1) is 0 Å². The summed E-state index contributed by atoms with van der Waals surface area (Å²) in [6, 6.07) is 3.93. The molecule has 1 saturated heterocycles. The molecule has 3 nitrogen and oxygen atoms in total. The zero-order chi connectivity index (χ0) is 10.5. The SMILES string of the molecule is O=CCc1ccnc(N2CCCCC2)c1. The van der Waals surface area contributed by atoms with Crippen molar-refractivity contribution in [3.05, 3.63) is 23.9 Å². The minimum Gasteiger partial charge on any atom is -0.357 e. The third kappa shape index (κ3) is 2.55. The first-order valence-electron chi connectivity index (χ1n) is 5.53. The van der Waals surface area contributed by atoms with E-state index in [0.717, 1.165) is 30.8 Å². The smallest absolute Gasteiger partial charge is 0.128 e. The van der Waals surface area contributed by atoms with Gasteiger partial charge in [-0.1, -0.05) is 0 Å². The Morgan fingerprint density at radius 1 is 1.33 bits per heavy atom. The van der Waals surface area contributed by atoms with Crippen LogP contribution < -0.4 is 4.90 Å². The largest absolute Gasteiger partial charge is 0.357 e. The Hall–Kier alpha value is -1.38. The molecule has 15 heavy (non-hydrogen) atoms. The molecule has 1 aliphatic rings. The zero-order valence-corrected chi connectivity index (χ0v) is 8.85. The highest BCUT2D eigenvalue weighted by Crippen LogP contribution is 2.18. The number of piperidine rings is 1. The average molecular weight is 204 g/mol. The van der Waals surface area contributed by atoms with Gasteiger partial charge < -0.3 is 9.69 Å². The van der Waals surface area contributed by atoms with Crippen LogP contribution in [0.4, 0.5) is 5.82 Å². The molecule has 0 atom stereocenters. The molecule has 0 amide bonds. The van der Waals surface area contributed by atoms with Crippen molar-refractivity contribution in [1.82, 2.24) is 4.98 Å². The molecule has 2 heterocycles. The monoisotopic (exact) mass is 204 g/mol. The van der Waals surface area contributed by atoms with Crippen LogP contribution in [-0.4, -0.2) is 24.4 Å². The maximum atomic E-state index is 10.4. The highest BCUT2D eigenvalue weighted by atomic mass is 16.1. The van der Waals surface area contributed by atoms with E-state index in [1.807, 2.05) is 12.1 Å². The van der Waals surface area contributed by atoms with Crippen molar-refractivity contribution in [2.45, 2.75) is 25.7 Å². The Morgan fingerprint density at radius 3 is 2.87 bits per heavy atom. The van der Waals surface area contributed by atoms with Crippen LogP contribution in [0.1, 0.15) is 24.8 Å². The summed E-state index contributed by atoms with van der Waals surface area (Å²) < 4.78 is 0. The fourth-order valence-electron chi connectivity index (χ4n) is 1.98. The molecule has 0 N–H and O–H groups in total. The zero-order valence-electron chi connectivity index (χ0n) is 8.85. The van der Waals surface area contributed by atoms with Gasteiger partial charge in [0.1, 0.15) is 12.1 Å². The van der Waals surface area contributed by atoms with E-state index >= 15 is 0 Å². The fraction of sp³-hybridized carbons (Fsp3) is 0.500. The number of pyridine rings is 1. The summed E-state index contributed by atoms with van der Waals surface area (Å²) in [5, 5.41) is 0. The van der Waals surface area contributed by atoms with Gasteiger partial charge in [-0.25, -0.2) is 4.98 Å². The Labute approximate surface area is 90.1 Å². The minimum atomic E-state index is 0.489. The van der Waals surface area contributed by atoms with Gasteiger partial charge in [-0.15, -0.1) is 0 Å². The van der Waals surface area contributed by atoms with Crippen molar-refractivity contribution in [3.63, 3.8) is 0 Å². The van der Waals surface area contributed by atoms with E-state index in [1.165, 1.54) is 19.3 Å². The van der Waals surface area contributed by atoms with Crippen LogP contribution >= 0.6 is 0 Å². The molecular formula is C12H16N2O. The van der Waals surface area contributed by atoms with Crippen LogP contribution in [0.5, 0.6) is 0 Å². The van der Waals surface area contributed by atoms with Gasteiger partial charge in [0.25, 0.3) is 0 Å². The molecule has 0 unspecified atom stereocenters. The number of hydrogen-bond donors (Lipinski definition) is 0. The summed E-state index contributed by atoms with van der Waals surface area (Å²) in [4.78, 5) is 17.1. The topological polar surface area (TPSA) is 33.2 Å². The first-order valence-corrected chi connectivity index (χ1v) is 5.53. The predicted molar refractivity (Wildman–Crippen MR) is 60.1 cm³/mol. The average Bonchev–Trinajstić information content (AvgIpc) is 2.31. The van der Waals surface area contributed by atoms with E-state index in [4.69, 9.17) is 0 Å². The summed E-state index contributed by atoms with van der Waals surface area (Å²) in [5.74, 6) is 1.02. The lowest BCUT2D eigenvalue weighted by atomic mass is 10.1. The lowest BCUT2D eigenvalue weighted by Gasteiger charge is -2.27. The second kappa shape index (κ2) is 4.91. The Morgan fingerprint density at radius 2 is 2.13 bits per heavy atom. The quantitative estimate of drug-likeness (QED) is 0.704. The lowest BCUT2D eigenvalue weighted by molar-refractivity contribution is -0.107. The predicted octanol–water partition coefficient (Wildman–Crippen LogP) is 1.81. The van der Waals surface area contributed by atoms with Crippen LogP contribution in [0.3, 0.4) is 0 Å². The van der Waals surface area contributed by atoms with Crippen molar-refractivity contribution >= 4 is 12.1 Å². The van der Waals surface area contributed by atoms with Crippen LogP contribution in [0.15, 0.2) is 18.3 Å². The summed E-state index contributed by atoms with van der Waals surface area (Å²) >= 11 is 0. The van der Waals surface area contributed by atoms with Crippen molar-refractivity contribution in [3.8, 4) is 0 Å². The van der Waals surface area contributed by atoms with Gasteiger partial charge in [0, 0.05) is 25.7 Å². The number of aromatic nitrogens is 1. The summed E-state index contributed by atoms with van der Waals surface area (Å²) in [5.41, 5.74) is 1.06. The molecule has 0 radical (unpaired) electrons. The number of aldehydes is 1. The van der Waals surface area contributed by atoms with Gasteiger partial charge in [0.05, 0.1) is 0 Å². The maximum Gasteiger partial charge on any atom is 0.128 e. The van der Waals surface area contributed by atoms with E-state index < -0.39 is 0 Å². The van der Waals surface area contributed by atoms with Crippen molar-refractivity contribution in [2.24, 2.45) is 0 Å². The van der Waals surface area contributed by atoms with Crippen molar-refractivity contribution in [1.29, 1.82) is 0 Å². The van der Waals surface area contributed by atoms with Crippen LogP contribution in [0.25, 0.3) is 0 Å². The van der Waals surface area contributed by atoms with E-state index in [1.54, 1.807) is 6.20 Å². The molecule has 0 aromatic carbocycles. The van der Waals surface area contributed by atoms with Crippen LogP contribution in [-0.2, 0) is 11.2 Å². The molecule has 1 fully saturated rings. The number of carbonyl (C=O) groups excluding carboxylic acids is 1. The second-order valence-corrected chi connectivity index (χ2v) is 3.94. The van der Waals surface area contributed by atoms with Crippen molar-refractivity contribution in [2.75, 3.05) is 18.0 Å². The highest BCUT2D eigenvalue weighted by Gasteiger charge is 2.11. The molecule has 1 aliphatic heterocycles. The first kappa shape index (κ1) is 10.1. The first-order chi connectivity index (χ1) is 7.40. The Kier molecular flexibility index (Phi) is 3.33. The molecule has 0 spiro atoms. The van der Waals surface area contributed by atoms with Gasteiger partial charge in [0.2, 0.25) is 0 Å². The van der Waals surface area contributed by atoms with Gasteiger partial charge >= 0.3 is 0 Å². The van der Waals surface area contributed by atoms with E-state index in [2.05, 4.69) is 9.88 Å². The van der Waals surface area contributed by atoms with Gasteiger partial charge in [-0.05, 0) is 37.0 Å². The third-order valence-electron chi connectivity index (χ3n) is 2.81. The summed E-state index contributed by atoms with van der Waals surface area (Å²) in [7, 11) is 0. The number of carbonyl (C=O) groups is 1. The van der Waals surface area contributed by atoms with Gasteiger partial charge in [-0.2, -0.15) is 0 Å². The van der Waals surface area contributed by atoms with Crippen molar-refractivity contribution < 1.29 is 4.79 Å². The maximum absolute atomic E-state index is 10.4. The molecule has 1 aromatic rings. The molecule has 0 bridgehead atoms. The lowest BCUT2D eigenvalue weighted by Crippen LogP contribution is -2.30. The molecule has 2 rings (SSSR count). The summed E-state index contributed by atoms with van der Waals surface area (Å²) in [6.45, 7) is 2.19. The number of rotatable bonds is 3. The standard InChI is InChI=1S/C12H16N2O/c15-9-5-11-4-6-13-12(10-11)14-7-2-1-3-8-14/h4,6,9-10H,1-3,5,7-8H2. The minimum absolute atomic E-state index is 0.489. The van der Waals surface area contributed by atoms with Gasteiger partial charge in [-0.3, -0.25) is 0 Å². The molecule has 1 aromatic heterocycles. The second-order valence-electron chi connectivity index (χ2n) is 3.94. The Balaban J connectivity index is 2.12. The third-order valence-corrected chi connectivity index (χ3v) is 2.81. The van der Waals surface area contributed by atoms with E-state index in [0.29, 0.717) is 6.42 Å². The molecule has 0 saturated carbocycles. The fourth-order valence-corrected chi connectivity index (χ4v) is 1.98. The molecule has 3 heteroatoms. The van der Waals surface area contributed by atoms with Gasteiger partial charge in [0.15, 0.2) is 0 Å².